The highest BCUT2D eigenvalue weighted by Crippen LogP contribution is 2.34. The van der Waals surface area contributed by atoms with Gasteiger partial charge in [-0.15, -0.1) is 0 Å². The molecule has 0 bridgehead atoms. The van der Waals surface area contributed by atoms with Crippen LogP contribution in [0.15, 0.2) is 42.0 Å². The molecule has 2 aromatic rings. The van der Waals surface area contributed by atoms with Crippen molar-refractivity contribution in [3.63, 3.8) is 0 Å². The normalized spacial score (nSPS) is 10.9. The summed E-state index contributed by atoms with van der Waals surface area (Å²) in [5, 5.41) is 12.5. The third-order valence-electron chi connectivity index (χ3n) is 3.21. The van der Waals surface area contributed by atoms with Crippen LogP contribution < -0.4 is 10.1 Å². The number of nitrogens with one attached hydrogen (secondary N) is 1. The van der Waals surface area contributed by atoms with Gasteiger partial charge >= 0.3 is 0 Å². The van der Waals surface area contributed by atoms with Crippen LogP contribution in [0.5, 0.6) is 5.75 Å². The molecule has 122 valence electrons. The minimum atomic E-state index is -0.510. The summed E-state index contributed by atoms with van der Waals surface area (Å²) in [6.07, 6.45) is 1.42. The summed E-state index contributed by atoms with van der Waals surface area (Å²) in [5.41, 5.74) is 2.15. The van der Waals surface area contributed by atoms with Crippen LogP contribution in [0.2, 0.25) is 10.0 Å². The molecular formula is C18H14Cl2N2O2. The van der Waals surface area contributed by atoms with Gasteiger partial charge in [0.2, 0.25) is 0 Å². The van der Waals surface area contributed by atoms with E-state index in [0.717, 1.165) is 5.56 Å². The van der Waals surface area contributed by atoms with E-state index < -0.39 is 5.91 Å². The zero-order valence-electron chi connectivity index (χ0n) is 13.1. The maximum absolute atomic E-state index is 12.2. The van der Waals surface area contributed by atoms with Gasteiger partial charge in [0.05, 0.1) is 17.2 Å². The van der Waals surface area contributed by atoms with E-state index in [9.17, 15) is 10.1 Å². The second-order valence-electron chi connectivity index (χ2n) is 5.01. The van der Waals surface area contributed by atoms with Crippen LogP contribution >= 0.6 is 23.2 Å². The molecule has 6 heteroatoms. The molecule has 0 saturated carbocycles. The Morgan fingerprint density at radius 1 is 1.21 bits per heavy atom. The Balaban J connectivity index is 2.27. The second-order valence-corrected chi connectivity index (χ2v) is 5.82. The fourth-order valence-electron chi connectivity index (χ4n) is 2.01. The van der Waals surface area contributed by atoms with E-state index in [1.807, 2.05) is 25.1 Å². The molecule has 2 rings (SSSR count). The number of halogens is 2. The third-order valence-corrected chi connectivity index (χ3v) is 3.77. The molecule has 0 aliphatic heterocycles. The molecule has 4 nitrogen and oxygen atoms in total. The third kappa shape index (κ3) is 4.29. The number of nitriles is 1. The number of methoxy groups -OCH3 is 1. The van der Waals surface area contributed by atoms with Crippen molar-refractivity contribution in [2.75, 3.05) is 12.4 Å². The average molecular weight is 361 g/mol. The van der Waals surface area contributed by atoms with Crippen molar-refractivity contribution in [1.29, 1.82) is 5.26 Å². The van der Waals surface area contributed by atoms with Crippen LogP contribution in [-0.4, -0.2) is 13.0 Å². The Morgan fingerprint density at radius 2 is 1.79 bits per heavy atom. The Labute approximate surface area is 150 Å². The number of amides is 1. The largest absolute Gasteiger partial charge is 0.494 e. The van der Waals surface area contributed by atoms with Gasteiger partial charge in [0, 0.05) is 5.69 Å². The molecule has 0 spiro atoms. The molecular weight excluding hydrogens is 347 g/mol. The van der Waals surface area contributed by atoms with Crippen molar-refractivity contribution in [3.8, 4) is 11.8 Å². The minimum absolute atomic E-state index is 0.0622. The average Bonchev–Trinajstić information content (AvgIpc) is 2.54. The van der Waals surface area contributed by atoms with Crippen LogP contribution in [0.3, 0.4) is 0 Å². The molecule has 1 N–H and O–H groups in total. The zero-order valence-corrected chi connectivity index (χ0v) is 14.6. The standard InChI is InChI=1S/C18H14Cl2N2O2/c1-11-3-5-14(6-4-11)22-18(23)13(10-21)7-12-8-15(19)17(24-2)16(20)9-12/h3-9H,1-2H3,(H,22,23)/b13-7+. The van der Waals surface area contributed by atoms with Gasteiger partial charge in [-0.2, -0.15) is 5.26 Å². The molecule has 0 atom stereocenters. The molecule has 2 aromatic carbocycles. The summed E-state index contributed by atoms with van der Waals surface area (Å²) in [5.74, 6) is -0.164. The number of aryl methyl sites for hydroxylation is 1. The number of carbonyl (C=O) groups is 1. The summed E-state index contributed by atoms with van der Waals surface area (Å²) in [6, 6.07) is 12.3. The SMILES string of the molecule is COc1c(Cl)cc(/C=C(\C#N)C(=O)Nc2ccc(C)cc2)cc1Cl. The molecule has 0 aromatic heterocycles. The fourth-order valence-corrected chi connectivity index (χ4v) is 2.67. The second kappa shape index (κ2) is 7.87. The zero-order chi connectivity index (χ0) is 17.7. The fraction of sp³-hybridized carbons (Fsp3) is 0.111. The molecule has 0 aliphatic rings. The number of anilines is 1. The summed E-state index contributed by atoms with van der Waals surface area (Å²) < 4.78 is 5.07. The molecule has 0 saturated heterocycles. The van der Waals surface area contributed by atoms with Crippen LogP contribution in [0.25, 0.3) is 6.08 Å². The molecule has 0 aliphatic carbocycles. The van der Waals surface area contributed by atoms with Gasteiger partial charge in [0.25, 0.3) is 5.91 Å². The smallest absolute Gasteiger partial charge is 0.266 e. The maximum atomic E-state index is 12.2. The first-order chi connectivity index (χ1) is 11.4. The minimum Gasteiger partial charge on any atom is -0.494 e. The molecule has 0 heterocycles. The molecule has 0 radical (unpaired) electrons. The van der Waals surface area contributed by atoms with E-state index >= 15 is 0 Å². The number of benzene rings is 2. The van der Waals surface area contributed by atoms with Crippen LogP contribution in [0, 0.1) is 18.3 Å². The summed E-state index contributed by atoms with van der Waals surface area (Å²) in [4.78, 5) is 12.2. The van der Waals surface area contributed by atoms with Crippen LogP contribution in [0.1, 0.15) is 11.1 Å². The topological polar surface area (TPSA) is 62.1 Å². The number of hydrogen-bond donors (Lipinski definition) is 1. The van der Waals surface area contributed by atoms with Gasteiger partial charge in [-0.25, -0.2) is 0 Å². The molecule has 0 fully saturated rings. The lowest BCUT2D eigenvalue weighted by Gasteiger charge is -2.07. The number of carbonyl (C=O) groups excluding carboxylic acids is 1. The predicted molar refractivity (Wildman–Crippen MR) is 96.4 cm³/mol. The first-order valence-electron chi connectivity index (χ1n) is 6.97. The van der Waals surface area contributed by atoms with E-state index in [1.165, 1.54) is 13.2 Å². The van der Waals surface area contributed by atoms with Crippen molar-refractivity contribution in [1.82, 2.24) is 0 Å². The number of ether oxygens (including phenoxy) is 1. The van der Waals surface area contributed by atoms with Gasteiger partial charge in [-0.3, -0.25) is 4.79 Å². The van der Waals surface area contributed by atoms with Gasteiger partial charge in [0.15, 0.2) is 5.75 Å². The van der Waals surface area contributed by atoms with Crippen molar-refractivity contribution in [3.05, 3.63) is 63.1 Å². The Hall–Kier alpha value is -2.48. The van der Waals surface area contributed by atoms with Gasteiger partial charge in [-0.1, -0.05) is 40.9 Å². The van der Waals surface area contributed by atoms with E-state index in [-0.39, 0.29) is 5.57 Å². The Bertz CT molecular complexity index is 814. The summed E-state index contributed by atoms with van der Waals surface area (Å²) >= 11 is 12.1. The monoisotopic (exact) mass is 360 g/mol. The highest BCUT2D eigenvalue weighted by atomic mass is 35.5. The van der Waals surface area contributed by atoms with E-state index in [1.54, 1.807) is 24.3 Å². The lowest BCUT2D eigenvalue weighted by Crippen LogP contribution is -2.13. The molecule has 1 amide bonds. The highest BCUT2D eigenvalue weighted by molar-refractivity contribution is 6.37. The number of nitrogens with zero attached hydrogens (tertiary/aromatic N) is 1. The highest BCUT2D eigenvalue weighted by Gasteiger charge is 2.12. The van der Waals surface area contributed by atoms with Crippen molar-refractivity contribution in [2.24, 2.45) is 0 Å². The summed E-state index contributed by atoms with van der Waals surface area (Å²) in [7, 11) is 1.46. The van der Waals surface area contributed by atoms with E-state index in [0.29, 0.717) is 27.0 Å². The van der Waals surface area contributed by atoms with Crippen molar-refractivity contribution in [2.45, 2.75) is 6.92 Å². The first kappa shape index (κ1) is 17.9. The van der Waals surface area contributed by atoms with E-state index in [4.69, 9.17) is 27.9 Å². The Morgan fingerprint density at radius 3 is 2.29 bits per heavy atom. The lowest BCUT2D eigenvalue weighted by molar-refractivity contribution is -0.112. The van der Waals surface area contributed by atoms with Crippen molar-refractivity contribution < 1.29 is 9.53 Å². The van der Waals surface area contributed by atoms with Crippen molar-refractivity contribution >= 4 is 40.9 Å². The van der Waals surface area contributed by atoms with Gasteiger partial charge in [0.1, 0.15) is 11.6 Å². The number of rotatable bonds is 4. The lowest BCUT2D eigenvalue weighted by atomic mass is 10.1. The quantitative estimate of drug-likeness (QED) is 0.625. The van der Waals surface area contributed by atoms with Crippen LogP contribution in [-0.2, 0) is 4.79 Å². The molecule has 0 unspecified atom stereocenters. The van der Waals surface area contributed by atoms with Gasteiger partial charge < -0.3 is 10.1 Å². The first-order valence-corrected chi connectivity index (χ1v) is 7.73. The Kier molecular flexibility index (Phi) is 5.86. The van der Waals surface area contributed by atoms with Crippen LogP contribution in [0.4, 0.5) is 5.69 Å². The summed E-state index contributed by atoms with van der Waals surface area (Å²) in [6.45, 7) is 1.95. The molecule has 24 heavy (non-hydrogen) atoms. The van der Waals surface area contributed by atoms with E-state index in [2.05, 4.69) is 5.32 Å². The number of hydrogen-bond acceptors (Lipinski definition) is 3. The van der Waals surface area contributed by atoms with Gasteiger partial charge in [-0.05, 0) is 42.8 Å². The predicted octanol–water partition coefficient (Wildman–Crippen LogP) is 4.86. The maximum Gasteiger partial charge on any atom is 0.266 e.